The van der Waals surface area contributed by atoms with E-state index in [0.29, 0.717) is 47.7 Å². The number of anilines is 1. The highest BCUT2D eigenvalue weighted by Crippen LogP contribution is 2.35. The summed E-state index contributed by atoms with van der Waals surface area (Å²) < 4.78 is 20.7. The number of aryl methyl sites for hydroxylation is 1. The van der Waals surface area contributed by atoms with Crippen molar-refractivity contribution in [3.8, 4) is 11.4 Å². The fourth-order valence-corrected chi connectivity index (χ4v) is 5.51. The number of aromatic amines is 1. The smallest absolute Gasteiger partial charge is 0.348 e. The molecule has 0 radical (unpaired) electrons. The Morgan fingerprint density at radius 1 is 1.26 bits per heavy atom. The van der Waals surface area contributed by atoms with Crippen molar-refractivity contribution in [1.82, 2.24) is 20.3 Å². The van der Waals surface area contributed by atoms with Gasteiger partial charge in [-0.25, -0.2) is 14.2 Å². The molecule has 1 saturated heterocycles. The summed E-state index contributed by atoms with van der Waals surface area (Å²) >= 11 is 7.08. The number of pyridine rings is 1. The minimum absolute atomic E-state index is 0.0169. The van der Waals surface area contributed by atoms with Gasteiger partial charge in [0.25, 0.3) is 5.91 Å². The molecular formula is C27H25ClFN5O4S. The number of rotatable bonds is 8. The molecule has 3 aromatic heterocycles. The number of ether oxygens (including phenoxy) is 1. The number of carbonyl (C=O) groups excluding carboxylic acids is 1. The summed E-state index contributed by atoms with van der Waals surface area (Å²) in [5, 5.41) is 13.7. The lowest BCUT2D eigenvalue weighted by molar-refractivity contribution is 0.00967. The number of amides is 1. The van der Waals surface area contributed by atoms with Gasteiger partial charge in [0.05, 0.1) is 23.8 Å². The fourth-order valence-electron chi connectivity index (χ4n) is 4.41. The molecule has 0 aliphatic carbocycles. The van der Waals surface area contributed by atoms with Crippen LogP contribution in [0, 0.1) is 12.7 Å². The number of halogens is 2. The van der Waals surface area contributed by atoms with Crippen LogP contribution < -0.4 is 10.2 Å². The highest BCUT2D eigenvalue weighted by molar-refractivity contribution is 7.17. The van der Waals surface area contributed by atoms with Gasteiger partial charge in [-0.05, 0) is 37.1 Å². The number of aromatic nitrogens is 3. The summed E-state index contributed by atoms with van der Waals surface area (Å²) in [5.74, 6) is -2.16. The summed E-state index contributed by atoms with van der Waals surface area (Å²) in [6.07, 6.45) is 1.46. The van der Waals surface area contributed by atoms with E-state index in [4.69, 9.17) is 16.3 Å². The molecule has 39 heavy (non-hydrogen) atoms. The predicted octanol–water partition coefficient (Wildman–Crippen LogP) is 4.93. The fraction of sp³-hybridized carbons (Fsp3) is 0.259. The average molecular weight is 570 g/mol. The molecular weight excluding hydrogens is 545 g/mol. The number of carbonyl (C=O) groups is 2. The number of hydrogen-bond donors (Lipinski definition) is 3. The van der Waals surface area contributed by atoms with Gasteiger partial charge in [-0.3, -0.25) is 9.78 Å². The van der Waals surface area contributed by atoms with Gasteiger partial charge in [0.15, 0.2) is 10.9 Å². The molecule has 0 spiro atoms. The van der Waals surface area contributed by atoms with E-state index in [2.05, 4.69) is 20.3 Å². The summed E-state index contributed by atoms with van der Waals surface area (Å²) in [4.78, 5) is 38.2. The van der Waals surface area contributed by atoms with Gasteiger partial charge in [0, 0.05) is 25.0 Å². The van der Waals surface area contributed by atoms with Crippen molar-refractivity contribution in [1.29, 1.82) is 0 Å². The number of piperidine rings is 1. The Bertz CT molecular complexity index is 1480. The van der Waals surface area contributed by atoms with Gasteiger partial charge < -0.3 is 25.0 Å². The number of thiazole rings is 1. The quantitative estimate of drug-likeness (QED) is 0.275. The molecule has 3 N–H and O–H groups in total. The highest BCUT2D eigenvalue weighted by atomic mass is 35.5. The van der Waals surface area contributed by atoms with E-state index in [1.807, 2.05) is 35.2 Å². The van der Waals surface area contributed by atoms with Crippen molar-refractivity contribution < 1.29 is 23.8 Å². The standard InChI is InChI=1S/C27H25ClFN5O4S/c1-15-17(28)12-20(31-15)25(35)32-19-9-11-34(13-21(19)38-14-16-6-3-2-4-7-16)27-33-23(24(39-27)26(36)37)22-18(29)8-5-10-30-22/h2-8,10,12,19,21,31H,9,11,13-14H2,1H3,(H,32,35)(H,36,37)/t19-,21+/m1/s1. The number of carboxylic acids is 1. The minimum atomic E-state index is -1.21. The molecule has 4 aromatic rings. The Kier molecular flexibility index (Phi) is 7.92. The summed E-state index contributed by atoms with van der Waals surface area (Å²) in [6, 6.07) is 13.6. The van der Waals surface area contributed by atoms with Crippen molar-refractivity contribution in [3.63, 3.8) is 0 Å². The van der Waals surface area contributed by atoms with Gasteiger partial charge in [-0.2, -0.15) is 0 Å². The van der Waals surface area contributed by atoms with Crippen LogP contribution >= 0.6 is 22.9 Å². The molecule has 1 aliphatic heterocycles. The first kappa shape index (κ1) is 26.8. The first-order chi connectivity index (χ1) is 18.8. The third-order valence-electron chi connectivity index (χ3n) is 6.44. The molecule has 1 amide bonds. The Balaban J connectivity index is 1.39. The molecule has 2 atom stereocenters. The van der Waals surface area contributed by atoms with Crippen molar-refractivity contribution in [3.05, 3.63) is 87.4 Å². The number of aromatic carboxylic acids is 1. The van der Waals surface area contributed by atoms with Crippen LogP contribution in [0.3, 0.4) is 0 Å². The number of nitrogens with one attached hydrogen (secondary N) is 2. The maximum atomic E-state index is 14.5. The monoisotopic (exact) mass is 569 g/mol. The molecule has 0 unspecified atom stereocenters. The summed E-state index contributed by atoms with van der Waals surface area (Å²) in [6.45, 7) is 2.91. The maximum absolute atomic E-state index is 14.5. The summed E-state index contributed by atoms with van der Waals surface area (Å²) in [7, 11) is 0. The number of carboxylic acid groups (broad SMARTS) is 1. The predicted molar refractivity (Wildman–Crippen MR) is 146 cm³/mol. The zero-order valence-corrected chi connectivity index (χ0v) is 22.4. The number of nitrogens with zero attached hydrogens (tertiary/aromatic N) is 3. The first-order valence-electron chi connectivity index (χ1n) is 12.2. The topological polar surface area (TPSA) is 120 Å². The second kappa shape index (κ2) is 11.5. The van der Waals surface area contributed by atoms with Gasteiger partial charge >= 0.3 is 5.97 Å². The molecule has 4 heterocycles. The number of benzene rings is 1. The normalized spacial score (nSPS) is 17.3. The van der Waals surface area contributed by atoms with E-state index in [-0.39, 0.29) is 28.2 Å². The third kappa shape index (κ3) is 5.95. The first-order valence-corrected chi connectivity index (χ1v) is 13.4. The maximum Gasteiger partial charge on any atom is 0.348 e. The molecule has 202 valence electrons. The minimum Gasteiger partial charge on any atom is -0.477 e. The van der Waals surface area contributed by atoms with Crippen LogP contribution in [0.25, 0.3) is 11.4 Å². The van der Waals surface area contributed by atoms with Gasteiger partial charge in [0.2, 0.25) is 0 Å². The Hall–Kier alpha value is -3.80. The molecule has 9 nitrogen and oxygen atoms in total. The van der Waals surface area contributed by atoms with Crippen LogP contribution in [0.1, 0.15) is 37.8 Å². The molecule has 0 saturated carbocycles. The van der Waals surface area contributed by atoms with Gasteiger partial charge in [-0.1, -0.05) is 53.3 Å². The van der Waals surface area contributed by atoms with Crippen LogP contribution in [0.4, 0.5) is 9.52 Å². The van der Waals surface area contributed by atoms with Crippen LogP contribution in [0.5, 0.6) is 0 Å². The molecule has 1 fully saturated rings. The van der Waals surface area contributed by atoms with E-state index < -0.39 is 17.9 Å². The van der Waals surface area contributed by atoms with Crippen molar-refractivity contribution in [2.24, 2.45) is 0 Å². The SMILES string of the molecule is Cc1[nH]c(C(=O)N[C@@H]2CCN(c3nc(-c4ncccc4F)c(C(=O)O)s3)C[C@@H]2OCc2ccccc2)cc1Cl. The molecule has 1 aromatic carbocycles. The molecule has 12 heteroatoms. The third-order valence-corrected chi connectivity index (χ3v) is 7.94. The van der Waals surface area contributed by atoms with Gasteiger partial charge in [0.1, 0.15) is 22.0 Å². The second-order valence-electron chi connectivity index (χ2n) is 9.12. The van der Waals surface area contributed by atoms with E-state index in [9.17, 15) is 19.1 Å². The van der Waals surface area contributed by atoms with Crippen molar-refractivity contribution in [2.75, 3.05) is 18.0 Å². The number of hydrogen-bond acceptors (Lipinski definition) is 7. The Labute approximate surface area is 232 Å². The number of H-pyrrole nitrogens is 1. The Morgan fingerprint density at radius 3 is 2.74 bits per heavy atom. The van der Waals surface area contributed by atoms with E-state index >= 15 is 0 Å². The molecule has 5 rings (SSSR count). The van der Waals surface area contributed by atoms with E-state index in [0.717, 1.165) is 16.9 Å². The highest BCUT2D eigenvalue weighted by Gasteiger charge is 2.34. The lowest BCUT2D eigenvalue weighted by atomic mass is 10.0. The van der Waals surface area contributed by atoms with Crippen LogP contribution in [-0.2, 0) is 11.3 Å². The lowest BCUT2D eigenvalue weighted by Gasteiger charge is -2.38. The van der Waals surface area contributed by atoms with Crippen molar-refractivity contribution >= 4 is 39.9 Å². The van der Waals surface area contributed by atoms with E-state index in [1.54, 1.807) is 13.0 Å². The van der Waals surface area contributed by atoms with Crippen LogP contribution in [0.15, 0.2) is 54.7 Å². The average Bonchev–Trinajstić information content (AvgIpc) is 3.52. The molecule has 1 aliphatic rings. The summed E-state index contributed by atoms with van der Waals surface area (Å²) in [5.41, 5.74) is 1.90. The zero-order chi connectivity index (χ0) is 27.5. The van der Waals surface area contributed by atoms with Crippen molar-refractivity contribution in [2.45, 2.75) is 32.1 Å². The lowest BCUT2D eigenvalue weighted by Crippen LogP contribution is -2.55. The largest absolute Gasteiger partial charge is 0.477 e. The van der Waals surface area contributed by atoms with E-state index in [1.165, 1.54) is 18.3 Å². The van der Waals surface area contributed by atoms with Gasteiger partial charge in [-0.15, -0.1) is 0 Å². The second-order valence-corrected chi connectivity index (χ2v) is 10.5. The Morgan fingerprint density at radius 2 is 2.05 bits per heavy atom. The molecule has 0 bridgehead atoms. The van der Waals surface area contributed by atoms with Crippen LogP contribution in [-0.4, -0.2) is 57.2 Å². The van der Waals surface area contributed by atoms with Crippen LogP contribution in [0.2, 0.25) is 5.02 Å². The zero-order valence-electron chi connectivity index (χ0n) is 20.9.